The fourth-order valence-corrected chi connectivity index (χ4v) is 3.29. The summed E-state index contributed by atoms with van der Waals surface area (Å²) >= 11 is 5.92. The van der Waals surface area contributed by atoms with Crippen molar-refractivity contribution in [3.8, 4) is 5.75 Å². The van der Waals surface area contributed by atoms with Gasteiger partial charge in [0.2, 0.25) is 10.0 Å². The lowest BCUT2D eigenvalue weighted by molar-refractivity contribution is 0.102. The third-order valence-corrected chi connectivity index (χ3v) is 4.72. The van der Waals surface area contributed by atoms with E-state index in [4.69, 9.17) is 21.5 Å². The molecule has 9 heteroatoms. The molecule has 0 fully saturated rings. The van der Waals surface area contributed by atoms with E-state index in [1.165, 1.54) is 25.3 Å². The number of benzene rings is 2. The molecule has 25 heavy (non-hydrogen) atoms. The molecule has 1 aromatic heterocycles. The van der Waals surface area contributed by atoms with Gasteiger partial charge in [-0.3, -0.25) is 4.79 Å². The second kappa shape index (κ2) is 6.40. The third kappa shape index (κ3) is 3.60. The Kier molecular flexibility index (Phi) is 4.42. The molecule has 7 nitrogen and oxygen atoms in total. The molecule has 0 atom stereocenters. The summed E-state index contributed by atoms with van der Waals surface area (Å²) < 4.78 is 28.2. The Morgan fingerprint density at radius 3 is 2.64 bits per heavy atom. The first kappa shape index (κ1) is 17.3. The number of methoxy groups -OCH3 is 1. The summed E-state index contributed by atoms with van der Waals surface area (Å²) in [5, 5.41) is 9.17. The number of halogens is 1. The fourth-order valence-electron chi connectivity index (χ4n) is 2.40. The maximum atomic E-state index is 12.4. The van der Waals surface area contributed by atoms with Crippen molar-refractivity contribution in [1.29, 1.82) is 0 Å². The van der Waals surface area contributed by atoms with Gasteiger partial charge in [0.15, 0.2) is 0 Å². The molecule has 0 aliphatic carbocycles. The number of nitrogens with two attached hydrogens (primary N) is 1. The number of aromatic nitrogens is 1. The van der Waals surface area contributed by atoms with Gasteiger partial charge in [-0.2, -0.15) is 0 Å². The molecule has 130 valence electrons. The number of fused-ring (bicyclic) bond motifs is 1. The van der Waals surface area contributed by atoms with E-state index in [0.29, 0.717) is 10.7 Å². The number of hydrogen-bond donors (Lipinski definition) is 3. The summed E-state index contributed by atoms with van der Waals surface area (Å²) in [6, 6.07) is 11.1. The number of aromatic amines is 1. The van der Waals surface area contributed by atoms with Crippen LogP contribution in [0.2, 0.25) is 5.02 Å². The zero-order valence-corrected chi connectivity index (χ0v) is 14.6. The molecule has 1 amide bonds. The SMILES string of the molecule is COc1ccc(NC(=O)c2cc3ccc(Cl)cc3[nH]2)cc1S(N)(=O)=O. The van der Waals surface area contributed by atoms with Gasteiger partial charge in [-0.15, -0.1) is 0 Å². The number of H-pyrrole nitrogens is 1. The van der Waals surface area contributed by atoms with Crippen molar-refractivity contribution in [3.63, 3.8) is 0 Å². The minimum absolute atomic E-state index is 0.0979. The molecule has 0 aliphatic heterocycles. The van der Waals surface area contributed by atoms with Gasteiger partial charge in [-0.1, -0.05) is 17.7 Å². The van der Waals surface area contributed by atoms with Crippen LogP contribution in [0.5, 0.6) is 5.75 Å². The molecule has 0 aliphatic rings. The summed E-state index contributed by atoms with van der Waals surface area (Å²) in [6.45, 7) is 0. The van der Waals surface area contributed by atoms with Crippen LogP contribution in [0.1, 0.15) is 10.5 Å². The van der Waals surface area contributed by atoms with Gasteiger partial charge in [0, 0.05) is 21.6 Å². The largest absolute Gasteiger partial charge is 0.495 e. The number of carbonyl (C=O) groups excluding carboxylic acids is 1. The van der Waals surface area contributed by atoms with Crippen LogP contribution in [0.4, 0.5) is 5.69 Å². The number of nitrogens with one attached hydrogen (secondary N) is 2. The lowest BCUT2D eigenvalue weighted by Crippen LogP contribution is -2.16. The number of rotatable bonds is 4. The number of carbonyl (C=O) groups is 1. The van der Waals surface area contributed by atoms with Crippen molar-refractivity contribution < 1.29 is 17.9 Å². The standard InChI is InChI=1S/C16H14ClN3O4S/c1-24-14-5-4-11(8-15(14)25(18,22)23)19-16(21)13-6-9-2-3-10(17)7-12(9)20-13/h2-8,20H,1H3,(H,19,21)(H2,18,22,23). The summed E-state index contributed by atoms with van der Waals surface area (Å²) in [7, 11) is -2.66. The number of anilines is 1. The lowest BCUT2D eigenvalue weighted by atomic mass is 10.2. The van der Waals surface area contributed by atoms with Gasteiger partial charge in [0.05, 0.1) is 7.11 Å². The first-order valence-corrected chi connectivity index (χ1v) is 9.01. The van der Waals surface area contributed by atoms with Crippen LogP contribution in [-0.4, -0.2) is 26.4 Å². The Hall–Kier alpha value is -2.55. The molecular formula is C16H14ClN3O4S. The molecule has 0 unspecified atom stereocenters. The van der Waals surface area contributed by atoms with E-state index in [0.717, 1.165) is 10.9 Å². The molecule has 2 aromatic carbocycles. The minimum Gasteiger partial charge on any atom is -0.495 e. The average molecular weight is 380 g/mol. The number of amides is 1. The van der Waals surface area contributed by atoms with Crippen molar-refractivity contribution in [2.45, 2.75) is 4.90 Å². The van der Waals surface area contributed by atoms with Crippen LogP contribution in [0, 0.1) is 0 Å². The molecule has 0 saturated carbocycles. The minimum atomic E-state index is -3.99. The second-order valence-corrected chi connectivity index (χ2v) is 7.25. The van der Waals surface area contributed by atoms with E-state index >= 15 is 0 Å². The lowest BCUT2D eigenvalue weighted by Gasteiger charge is -2.09. The summed E-state index contributed by atoms with van der Waals surface area (Å²) in [5.74, 6) is -0.335. The molecule has 3 rings (SSSR count). The van der Waals surface area contributed by atoms with Gasteiger partial charge in [0.1, 0.15) is 16.3 Å². The zero-order valence-electron chi connectivity index (χ0n) is 13.0. The maximum absolute atomic E-state index is 12.4. The topological polar surface area (TPSA) is 114 Å². The molecule has 4 N–H and O–H groups in total. The molecule has 0 bridgehead atoms. The molecule has 0 saturated heterocycles. The monoisotopic (exact) mass is 379 g/mol. The third-order valence-electron chi connectivity index (χ3n) is 3.56. The van der Waals surface area contributed by atoms with Gasteiger partial charge < -0.3 is 15.0 Å². The molecule has 0 radical (unpaired) electrons. The van der Waals surface area contributed by atoms with Gasteiger partial charge in [0.25, 0.3) is 5.91 Å². The fraction of sp³-hybridized carbons (Fsp3) is 0.0625. The van der Waals surface area contributed by atoms with Gasteiger partial charge >= 0.3 is 0 Å². The van der Waals surface area contributed by atoms with E-state index in [2.05, 4.69) is 10.3 Å². The number of ether oxygens (including phenoxy) is 1. The van der Waals surface area contributed by atoms with Gasteiger partial charge in [-0.05, 0) is 36.4 Å². The van der Waals surface area contributed by atoms with Gasteiger partial charge in [-0.25, -0.2) is 13.6 Å². The number of primary sulfonamides is 1. The predicted octanol–water partition coefficient (Wildman–Crippen LogP) is 2.73. The maximum Gasteiger partial charge on any atom is 0.272 e. The van der Waals surface area contributed by atoms with Crippen molar-refractivity contribution in [1.82, 2.24) is 4.98 Å². The molecule has 3 aromatic rings. The number of hydrogen-bond acceptors (Lipinski definition) is 4. The highest BCUT2D eigenvalue weighted by Gasteiger charge is 2.17. The Labute approximate surface area is 148 Å². The van der Waals surface area contributed by atoms with E-state index in [1.54, 1.807) is 24.3 Å². The van der Waals surface area contributed by atoms with Crippen molar-refractivity contribution in [3.05, 3.63) is 53.2 Å². The first-order valence-electron chi connectivity index (χ1n) is 7.08. The van der Waals surface area contributed by atoms with E-state index in [9.17, 15) is 13.2 Å². The van der Waals surface area contributed by atoms with Crippen molar-refractivity contribution in [2.75, 3.05) is 12.4 Å². The number of sulfonamides is 1. The molecule has 1 heterocycles. The van der Waals surface area contributed by atoms with Crippen LogP contribution in [0.3, 0.4) is 0 Å². The average Bonchev–Trinajstić information content (AvgIpc) is 2.97. The predicted molar refractivity (Wildman–Crippen MR) is 95.6 cm³/mol. The second-order valence-electron chi connectivity index (χ2n) is 5.28. The van der Waals surface area contributed by atoms with Crippen LogP contribution in [0.25, 0.3) is 10.9 Å². The van der Waals surface area contributed by atoms with E-state index < -0.39 is 15.9 Å². The van der Waals surface area contributed by atoms with E-state index in [-0.39, 0.29) is 16.3 Å². The van der Waals surface area contributed by atoms with Crippen LogP contribution >= 0.6 is 11.6 Å². The van der Waals surface area contributed by atoms with Crippen molar-refractivity contribution in [2.24, 2.45) is 5.14 Å². The Morgan fingerprint density at radius 2 is 1.96 bits per heavy atom. The molecule has 0 spiro atoms. The van der Waals surface area contributed by atoms with Crippen LogP contribution in [-0.2, 0) is 10.0 Å². The Morgan fingerprint density at radius 1 is 1.20 bits per heavy atom. The quantitative estimate of drug-likeness (QED) is 0.646. The summed E-state index contributed by atoms with van der Waals surface area (Å²) in [6.07, 6.45) is 0. The Bertz CT molecular complexity index is 1080. The van der Waals surface area contributed by atoms with E-state index in [1.807, 2.05) is 0 Å². The smallest absolute Gasteiger partial charge is 0.272 e. The highest BCUT2D eigenvalue weighted by atomic mass is 35.5. The summed E-state index contributed by atoms with van der Waals surface area (Å²) in [5.41, 5.74) is 1.30. The van der Waals surface area contributed by atoms with Crippen LogP contribution in [0.15, 0.2) is 47.4 Å². The highest BCUT2D eigenvalue weighted by molar-refractivity contribution is 7.89. The van der Waals surface area contributed by atoms with Crippen LogP contribution < -0.4 is 15.2 Å². The zero-order chi connectivity index (χ0) is 18.2. The van der Waals surface area contributed by atoms with Crippen molar-refractivity contribution >= 4 is 44.1 Å². The Balaban J connectivity index is 1.92. The molecular weight excluding hydrogens is 366 g/mol. The first-order chi connectivity index (χ1) is 11.8. The summed E-state index contributed by atoms with van der Waals surface area (Å²) in [4.78, 5) is 15.1. The normalized spacial score (nSPS) is 11.5. The highest BCUT2D eigenvalue weighted by Crippen LogP contribution is 2.26.